The van der Waals surface area contributed by atoms with Crippen LogP contribution in [-0.2, 0) is 4.79 Å². The summed E-state index contributed by atoms with van der Waals surface area (Å²) in [4.78, 5) is 21.2. The van der Waals surface area contributed by atoms with Crippen LogP contribution >= 0.6 is 27.5 Å². The largest absolute Gasteiger partial charge is 0.320 e. The van der Waals surface area contributed by atoms with Crippen molar-refractivity contribution in [2.75, 3.05) is 5.32 Å². The van der Waals surface area contributed by atoms with Gasteiger partial charge in [0.2, 0.25) is 5.91 Å². The van der Waals surface area contributed by atoms with E-state index in [-0.39, 0.29) is 11.4 Å². The fourth-order valence-corrected chi connectivity index (χ4v) is 1.94. The zero-order valence-corrected chi connectivity index (χ0v) is 10.8. The number of amides is 1. The smallest absolute Gasteiger partial charge is 0.294 e. The standard InChI is InChI=1S/C9H8BrClN2O3/c1-4-3-6(13(15)16)9(12-5(2)14)7(10)8(4)11/h3H,1-2H3,(H,12,14). The van der Waals surface area contributed by atoms with Crippen LogP contribution in [0.15, 0.2) is 10.5 Å². The van der Waals surface area contributed by atoms with Gasteiger partial charge in [0.1, 0.15) is 5.69 Å². The summed E-state index contributed by atoms with van der Waals surface area (Å²) in [6, 6.07) is 1.32. The maximum Gasteiger partial charge on any atom is 0.294 e. The third-order valence-corrected chi connectivity index (χ3v) is 3.37. The van der Waals surface area contributed by atoms with Crippen molar-refractivity contribution in [2.45, 2.75) is 13.8 Å². The SMILES string of the molecule is CC(=O)Nc1c([N+](=O)[O-])cc(C)c(Cl)c1Br. The summed E-state index contributed by atoms with van der Waals surface area (Å²) < 4.78 is 0.316. The van der Waals surface area contributed by atoms with Gasteiger partial charge in [-0.1, -0.05) is 11.6 Å². The molecule has 0 atom stereocenters. The number of rotatable bonds is 2. The fraction of sp³-hybridized carbons (Fsp3) is 0.222. The lowest BCUT2D eigenvalue weighted by molar-refractivity contribution is -0.384. The monoisotopic (exact) mass is 306 g/mol. The molecule has 0 saturated carbocycles. The third kappa shape index (κ3) is 2.51. The zero-order chi connectivity index (χ0) is 12.5. The van der Waals surface area contributed by atoms with Gasteiger partial charge in [-0.05, 0) is 28.4 Å². The Morgan fingerprint density at radius 2 is 2.19 bits per heavy atom. The Kier molecular flexibility index (Phi) is 3.88. The molecule has 0 unspecified atom stereocenters. The van der Waals surface area contributed by atoms with Crippen molar-refractivity contribution in [1.82, 2.24) is 0 Å². The first kappa shape index (κ1) is 12.9. The molecule has 1 N–H and O–H groups in total. The minimum absolute atomic E-state index is 0.0769. The van der Waals surface area contributed by atoms with Crippen molar-refractivity contribution in [2.24, 2.45) is 0 Å². The average molecular weight is 308 g/mol. The number of nitro groups is 1. The topological polar surface area (TPSA) is 72.2 Å². The maximum atomic E-state index is 10.9. The number of benzene rings is 1. The lowest BCUT2D eigenvalue weighted by Crippen LogP contribution is -2.09. The van der Waals surface area contributed by atoms with Crippen LogP contribution < -0.4 is 5.32 Å². The lowest BCUT2D eigenvalue weighted by Gasteiger charge is -2.09. The van der Waals surface area contributed by atoms with E-state index in [2.05, 4.69) is 21.2 Å². The molecule has 5 nitrogen and oxygen atoms in total. The second-order valence-electron chi connectivity index (χ2n) is 3.15. The predicted molar refractivity (Wildman–Crippen MR) is 64.8 cm³/mol. The number of carbonyl (C=O) groups is 1. The zero-order valence-electron chi connectivity index (χ0n) is 8.51. The molecule has 0 aromatic heterocycles. The average Bonchev–Trinajstić information content (AvgIpc) is 2.17. The Morgan fingerprint density at radius 1 is 1.62 bits per heavy atom. The molecule has 1 aromatic rings. The van der Waals surface area contributed by atoms with Crippen LogP contribution in [0, 0.1) is 17.0 Å². The van der Waals surface area contributed by atoms with E-state index < -0.39 is 10.8 Å². The predicted octanol–water partition coefficient (Wildman–Crippen LogP) is 3.28. The van der Waals surface area contributed by atoms with Crippen molar-refractivity contribution in [3.63, 3.8) is 0 Å². The van der Waals surface area contributed by atoms with Gasteiger partial charge < -0.3 is 5.32 Å². The number of carbonyl (C=O) groups excluding carboxylic acids is 1. The molecule has 86 valence electrons. The van der Waals surface area contributed by atoms with Crippen molar-refractivity contribution in [3.8, 4) is 0 Å². The Bertz CT molecular complexity index is 476. The molecule has 7 heteroatoms. The van der Waals surface area contributed by atoms with Gasteiger partial charge in [0.05, 0.1) is 14.4 Å². The normalized spacial score (nSPS) is 10.0. The third-order valence-electron chi connectivity index (χ3n) is 1.87. The lowest BCUT2D eigenvalue weighted by atomic mass is 10.2. The summed E-state index contributed by atoms with van der Waals surface area (Å²) >= 11 is 9.05. The van der Waals surface area contributed by atoms with Crippen LogP contribution in [0.5, 0.6) is 0 Å². The molecule has 1 aromatic carbocycles. The maximum absolute atomic E-state index is 10.9. The minimum Gasteiger partial charge on any atom is -0.320 e. The van der Waals surface area contributed by atoms with Crippen molar-refractivity contribution in [1.29, 1.82) is 0 Å². The van der Waals surface area contributed by atoms with Crippen LogP contribution in [0.4, 0.5) is 11.4 Å². The molecule has 0 aliphatic carbocycles. The number of aryl methyl sites for hydroxylation is 1. The van der Waals surface area contributed by atoms with Crippen LogP contribution in [0.3, 0.4) is 0 Å². The highest BCUT2D eigenvalue weighted by Gasteiger charge is 2.21. The van der Waals surface area contributed by atoms with Crippen molar-refractivity contribution < 1.29 is 9.72 Å². The Hall–Kier alpha value is -1.14. The minimum atomic E-state index is -0.570. The molecular weight excluding hydrogens is 299 g/mol. The first-order chi connectivity index (χ1) is 7.34. The van der Waals surface area contributed by atoms with E-state index in [1.165, 1.54) is 13.0 Å². The van der Waals surface area contributed by atoms with Gasteiger partial charge in [0.15, 0.2) is 0 Å². The molecule has 0 radical (unpaired) electrons. The number of halogens is 2. The van der Waals surface area contributed by atoms with Crippen LogP contribution in [-0.4, -0.2) is 10.8 Å². The van der Waals surface area contributed by atoms with E-state index in [9.17, 15) is 14.9 Å². The summed E-state index contributed by atoms with van der Waals surface area (Å²) in [7, 11) is 0. The van der Waals surface area contributed by atoms with Crippen LogP contribution in [0.1, 0.15) is 12.5 Å². The van der Waals surface area contributed by atoms with E-state index in [1.807, 2.05) is 0 Å². The Morgan fingerprint density at radius 3 is 2.62 bits per heavy atom. The number of nitrogens with one attached hydrogen (secondary N) is 1. The molecule has 0 heterocycles. The molecule has 0 aliphatic heterocycles. The molecule has 16 heavy (non-hydrogen) atoms. The van der Waals surface area contributed by atoms with E-state index in [0.29, 0.717) is 15.1 Å². The highest BCUT2D eigenvalue weighted by atomic mass is 79.9. The quantitative estimate of drug-likeness (QED) is 0.673. The van der Waals surface area contributed by atoms with Crippen LogP contribution in [0.25, 0.3) is 0 Å². The Labute approximate surface area is 105 Å². The van der Waals surface area contributed by atoms with E-state index >= 15 is 0 Å². The molecule has 0 bridgehead atoms. The number of anilines is 1. The first-order valence-corrected chi connectivity index (χ1v) is 5.42. The molecule has 1 amide bonds. The molecule has 0 aliphatic rings. The fourth-order valence-electron chi connectivity index (χ4n) is 1.17. The molecule has 1 rings (SSSR count). The van der Waals surface area contributed by atoms with Crippen molar-refractivity contribution >= 4 is 44.8 Å². The molecule has 0 fully saturated rings. The molecule has 0 spiro atoms. The highest BCUT2D eigenvalue weighted by Crippen LogP contribution is 2.40. The summed E-state index contributed by atoms with van der Waals surface area (Å²) in [5, 5.41) is 13.5. The molecule has 0 saturated heterocycles. The number of nitrogens with zero attached hydrogens (tertiary/aromatic N) is 1. The summed E-state index contributed by atoms with van der Waals surface area (Å²) in [6.07, 6.45) is 0. The van der Waals surface area contributed by atoms with Gasteiger partial charge in [-0.3, -0.25) is 14.9 Å². The van der Waals surface area contributed by atoms with Gasteiger partial charge >= 0.3 is 0 Å². The van der Waals surface area contributed by atoms with E-state index in [1.54, 1.807) is 6.92 Å². The second kappa shape index (κ2) is 4.80. The number of nitro benzene ring substituents is 1. The number of hydrogen-bond acceptors (Lipinski definition) is 3. The van der Waals surface area contributed by atoms with E-state index in [0.717, 1.165) is 0 Å². The highest BCUT2D eigenvalue weighted by molar-refractivity contribution is 9.10. The Balaban J connectivity index is 3.47. The second-order valence-corrected chi connectivity index (χ2v) is 4.32. The first-order valence-electron chi connectivity index (χ1n) is 4.25. The van der Waals surface area contributed by atoms with Gasteiger partial charge in [0, 0.05) is 13.0 Å². The molecular formula is C9H8BrClN2O3. The summed E-state index contributed by atoms with van der Waals surface area (Å²) in [5.74, 6) is -0.399. The van der Waals surface area contributed by atoms with Gasteiger partial charge in [0.25, 0.3) is 5.69 Å². The van der Waals surface area contributed by atoms with Gasteiger partial charge in [-0.2, -0.15) is 0 Å². The van der Waals surface area contributed by atoms with Crippen LogP contribution in [0.2, 0.25) is 5.02 Å². The van der Waals surface area contributed by atoms with Gasteiger partial charge in [-0.25, -0.2) is 0 Å². The summed E-state index contributed by atoms with van der Waals surface area (Å²) in [6.45, 7) is 2.92. The van der Waals surface area contributed by atoms with Crippen molar-refractivity contribution in [3.05, 3.63) is 31.2 Å². The van der Waals surface area contributed by atoms with Gasteiger partial charge in [-0.15, -0.1) is 0 Å². The summed E-state index contributed by atoms with van der Waals surface area (Å²) in [5.41, 5.74) is 0.450. The van der Waals surface area contributed by atoms with E-state index in [4.69, 9.17) is 11.6 Å². The number of hydrogen-bond donors (Lipinski definition) is 1.